The molecule has 3 aromatic rings. The molecule has 2 N–H and O–H groups in total. The van der Waals surface area contributed by atoms with Crippen molar-refractivity contribution < 1.29 is 18.3 Å². The molecule has 0 aliphatic carbocycles. The summed E-state index contributed by atoms with van der Waals surface area (Å²) in [4.78, 5) is 12.1. The van der Waals surface area contributed by atoms with E-state index in [1.54, 1.807) is 7.11 Å². The second-order valence-electron chi connectivity index (χ2n) is 6.34. The predicted octanol–water partition coefficient (Wildman–Crippen LogP) is 4.70. The minimum Gasteiger partial charge on any atom is -0.495 e. The number of carbonyl (C=O) groups excluding carboxylic acids is 1. The number of methoxy groups -OCH3 is 1. The zero-order chi connectivity index (χ0) is 20.3. The predicted molar refractivity (Wildman–Crippen MR) is 104 cm³/mol. The first kappa shape index (κ1) is 19.4. The molecule has 0 saturated carbocycles. The largest absolute Gasteiger partial charge is 0.495 e. The Morgan fingerprint density at radius 3 is 2.57 bits per heavy atom. The Hall–Kier alpha value is -3.35. The number of hydrogen-bond donors (Lipinski definition) is 2. The minimum absolute atomic E-state index is 0.0848. The number of para-hydroxylation sites is 2. The third-order valence-electron chi connectivity index (χ3n) is 4.48. The van der Waals surface area contributed by atoms with Crippen LogP contribution in [0.4, 0.5) is 19.3 Å². The molecule has 1 heterocycles. The standard InChI is InChI=1S/C21H21F2N3O2/c1-13-10-15(14(2)26(13)19-6-4-5-7-20(19)28-3)12-24-21(27)25-18-9-8-16(22)11-17(18)23/h4-11H,12H2,1-3H3,(H2,24,25,27). The Labute approximate surface area is 161 Å². The lowest BCUT2D eigenvalue weighted by atomic mass is 10.2. The lowest BCUT2D eigenvalue weighted by Crippen LogP contribution is -2.28. The van der Waals surface area contributed by atoms with Gasteiger partial charge >= 0.3 is 6.03 Å². The van der Waals surface area contributed by atoms with E-state index in [1.165, 1.54) is 6.07 Å². The highest BCUT2D eigenvalue weighted by Crippen LogP contribution is 2.27. The number of rotatable bonds is 5. The van der Waals surface area contributed by atoms with Crippen LogP contribution >= 0.6 is 0 Å². The van der Waals surface area contributed by atoms with Crippen molar-refractivity contribution in [2.24, 2.45) is 0 Å². The molecule has 0 fully saturated rings. The van der Waals surface area contributed by atoms with E-state index in [0.29, 0.717) is 0 Å². The van der Waals surface area contributed by atoms with Gasteiger partial charge in [-0.15, -0.1) is 0 Å². The molecular formula is C21H21F2N3O2. The summed E-state index contributed by atoms with van der Waals surface area (Å²) in [6.07, 6.45) is 0. The number of nitrogens with zero attached hydrogens (tertiary/aromatic N) is 1. The van der Waals surface area contributed by atoms with Crippen molar-refractivity contribution in [3.63, 3.8) is 0 Å². The van der Waals surface area contributed by atoms with Crippen LogP contribution in [-0.4, -0.2) is 17.7 Å². The number of hydrogen-bond acceptors (Lipinski definition) is 2. The van der Waals surface area contributed by atoms with Gasteiger partial charge < -0.3 is 19.9 Å². The fraction of sp³-hybridized carbons (Fsp3) is 0.190. The molecule has 2 amide bonds. The molecule has 0 atom stereocenters. The maximum atomic E-state index is 13.7. The van der Waals surface area contributed by atoms with Crippen molar-refractivity contribution in [3.8, 4) is 11.4 Å². The van der Waals surface area contributed by atoms with Gasteiger partial charge in [0, 0.05) is 24.0 Å². The van der Waals surface area contributed by atoms with Crippen molar-refractivity contribution in [2.75, 3.05) is 12.4 Å². The molecule has 0 radical (unpaired) electrons. The molecule has 0 unspecified atom stereocenters. The number of carbonyl (C=O) groups is 1. The lowest BCUT2D eigenvalue weighted by Gasteiger charge is -2.14. The average molecular weight is 385 g/mol. The highest BCUT2D eigenvalue weighted by molar-refractivity contribution is 5.89. The number of halogens is 2. The smallest absolute Gasteiger partial charge is 0.319 e. The van der Waals surface area contributed by atoms with Gasteiger partial charge in [0.25, 0.3) is 0 Å². The van der Waals surface area contributed by atoms with Crippen LogP contribution in [0.3, 0.4) is 0 Å². The number of amides is 2. The molecule has 0 spiro atoms. The van der Waals surface area contributed by atoms with Crippen molar-refractivity contribution in [1.82, 2.24) is 9.88 Å². The van der Waals surface area contributed by atoms with Crippen molar-refractivity contribution in [2.45, 2.75) is 20.4 Å². The Morgan fingerprint density at radius 1 is 1.11 bits per heavy atom. The van der Waals surface area contributed by atoms with Gasteiger partial charge in [-0.3, -0.25) is 0 Å². The summed E-state index contributed by atoms with van der Waals surface area (Å²) >= 11 is 0. The van der Waals surface area contributed by atoms with Gasteiger partial charge in [-0.05, 0) is 49.7 Å². The molecule has 7 heteroatoms. The van der Waals surface area contributed by atoms with E-state index >= 15 is 0 Å². The number of benzene rings is 2. The number of ether oxygens (including phenoxy) is 1. The summed E-state index contributed by atoms with van der Waals surface area (Å²) in [5.41, 5.74) is 3.68. The second-order valence-corrected chi connectivity index (χ2v) is 6.34. The van der Waals surface area contributed by atoms with Crippen LogP contribution in [0.2, 0.25) is 0 Å². The second kappa shape index (κ2) is 8.12. The first-order valence-electron chi connectivity index (χ1n) is 8.72. The van der Waals surface area contributed by atoms with Crippen LogP contribution in [-0.2, 0) is 6.54 Å². The summed E-state index contributed by atoms with van der Waals surface area (Å²) in [5, 5.41) is 5.08. The maximum Gasteiger partial charge on any atom is 0.319 e. The SMILES string of the molecule is COc1ccccc1-n1c(C)cc(CNC(=O)Nc2ccc(F)cc2F)c1C. The molecule has 0 bridgehead atoms. The molecule has 0 saturated heterocycles. The summed E-state index contributed by atoms with van der Waals surface area (Å²) < 4.78 is 34.1. The molecule has 0 aliphatic heterocycles. The van der Waals surface area contributed by atoms with Crippen molar-refractivity contribution >= 4 is 11.7 Å². The monoisotopic (exact) mass is 385 g/mol. The lowest BCUT2D eigenvalue weighted by molar-refractivity contribution is 0.251. The first-order chi connectivity index (χ1) is 13.4. The Morgan fingerprint density at radius 2 is 1.86 bits per heavy atom. The van der Waals surface area contributed by atoms with Gasteiger partial charge in [0.15, 0.2) is 0 Å². The zero-order valence-electron chi connectivity index (χ0n) is 15.8. The van der Waals surface area contributed by atoms with Crippen molar-refractivity contribution in [3.05, 3.63) is 77.1 Å². The van der Waals surface area contributed by atoms with Crippen LogP contribution in [0.1, 0.15) is 17.0 Å². The number of urea groups is 1. The highest BCUT2D eigenvalue weighted by atomic mass is 19.1. The van der Waals surface area contributed by atoms with Gasteiger partial charge in [0.2, 0.25) is 0 Å². The van der Waals surface area contributed by atoms with E-state index in [9.17, 15) is 13.6 Å². The molecule has 3 rings (SSSR count). The Bertz CT molecular complexity index is 1010. The minimum atomic E-state index is -0.829. The quantitative estimate of drug-likeness (QED) is 0.669. The van der Waals surface area contributed by atoms with E-state index in [4.69, 9.17) is 4.74 Å². The number of nitrogens with one attached hydrogen (secondary N) is 2. The third kappa shape index (κ3) is 3.98. The zero-order valence-corrected chi connectivity index (χ0v) is 15.8. The topological polar surface area (TPSA) is 55.3 Å². The van der Waals surface area contributed by atoms with Gasteiger partial charge in [-0.1, -0.05) is 12.1 Å². The molecule has 1 aromatic heterocycles. The number of aryl methyl sites for hydroxylation is 1. The maximum absolute atomic E-state index is 13.7. The molecule has 28 heavy (non-hydrogen) atoms. The first-order valence-corrected chi connectivity index (χ1v) is 8.72. The van der Waals surface area contributed by atoms with Gasteiger partial charge in [-0.2, -0.15) is 0 Å². The summed E-state index contributed by atoms with van der Waals surface area (Å²) in [6, 6.07) is 12.1. The van der Waals surface area contributed by atoms with E-state index in [-0.39, 0.29) is 12.2 Å². The van der Waals surface area contributed by atoms with E-state index < -0.39 is 17.7 Å². The van der Waals surface area contributed by atoms with Gasteiger partial charge in [-0.25, -0.2) is 13.6 Å². The Kier molecular flexibility index (Phi) is 5.63. The number of aromatic nitrogens is 1. The molecule has 5 nitrogen and oxygen atoms in total. The van der Waals surface area contributed by atoms with Crippen LogP contribution in [0.15, 0.2) is 48.5 Å². The van der Waals surface area contributed by atoms with Crippen LogP contribution < -0.4 is 15.4 Å². The van der Waals surface area contributed by atoms with Crippen LogP contribution in [0, 0.1) is 25.5 Å². The third-order valence-corrected chi connectivity index (χ3v) is 4.48. The van der Waals surface area contributed by atoms with Crippen LogP contribution in [0.5, 0.6) is 5.75 Å². The van der Waals surface area contributed by atoms with E-state index in [1.807, 2.05) is 48.7 Å². The molecule has 0 aliphatic rings. The molecular weight excluding hydrogens is 364 g/mol. The average Bonchev–Trinajstić information content (AvgIpc) is 2.95. The fourth-order valence-electron chi connectivity index (χ4n) is 3.13. The van der Waals surface area contributed by atoms with Crippen LogP contribution in [0.25, 0.3) is 5.69 Å². The summed E-state index contributed by atoms with van der Waals surface area (Å²) in [7, 11) is 1.62. The molecule has 2 aromatic carbocycles. The molecule has 146 valence electrons. The fourth-order valence-corrected chi connectivity index (χ4v) is 3.13. The summed E-state index contributed by atoms with van der Waals surface area (Å²) in [6.45, 7) is 4.17. The number of anilines is 1. The van der Waals surface area contributed by atoms with Gasteiger partial charge in [0.1, 0.15) is 17.4 Å². The highest BCUT2D eigenvalue weighted by Gasteiger charge is 2.15. The van der Waals surface area contributed by atoms with Gasteiger partial charge in [0.05, 0.1) is 18.5 Å². The normalized spacial score (nSPS) is 10.6. The Balaban J connectivity index is 1.74. The van der Waals surface area contributed by atoms with E-state index in [0.717, 1.165) is 40.5 Å². The van der Waals surface area contributed by atoms with Crippen molar-refractivity contribution in [1.29, 1.82) is 0 Å². The van der Waals surface area contributed by atoms with E-state index in [2.05, 4.69) is 10.6 Å². The summed E-state index contributed by atoms with van der Waals surface area (Å²) in [5.74, 6) is -0.787.